The van der Waals surface area contributed by atoms with Gasteiger partial charge in [-0.2, -0.15) is 5.10 Å². The fourth-order valence-corrected chi connectivity index (χ4v) is 2.56. The summed E-state index contributed by atoms with van der Waals surface area (Å²) in [6, 6.07) is 16.1. The number of hydrazone groups is 1. The Morgan fingerprint density at radius 3 is 2.61 bits per heavy atom. The van der Waals surface area contributed by atoms with E-state index in [0.29, 0.717) is 5.56 Å². The summed E-state index contributed by atoms with van der Waals surface area (Å²) in [6.07, 6.45) is 2.10. The van der Waals surface area contributed by atoms with Gasteiger partial charge in [-0.25, -0.2) is 5.43 Å². The third kappa shape index (κ3) is 3.42. The molecule has 0 saturated heterocycles. The number of para-hydroxylation sites is 1. The Bertz CT molecular complexity index is 759. The topological polar surface area (TPSA) is 84.6 Å². The number of nitrogens with zero attached hydrogens (tertiary/aromatic N) is 2. The number of amides is 1. The first kappa shape index (κ1) is 14.9. The van der Waals surface area contributed by atoms with Crippen LogP contribution in [0.15, 0.2) is 59.7 Å². The van der Waals surface area contributed by atoms with Gasteiger partial charge < -0.3 is 0 Å². The molecule has 2 aromatic rings. The van der Waals surface area contributed by atoms with Crippen molar-refractivity contribution in [1.29, 1.82) is 0 Å². The van der Waals surface area contributed by atoms with E-state index >= 15 is 0 Å². The van der Waals surface area contributed by atoms with Crippen LogP contribution in [-0.4, -0.2) is 17.0 Å². The molecule has 0 aromatic heterocycles. The van der Waals surface area contributed by atoms with Crippen LogP contribution in [0, 0.1) is 16.0 Å². The van der Waals surface area contributed by atoms with Crippen LogP contribution >= 0.6 is 0 Å². The van der Waals surface area contributed by atoms with Crippen LogP contribution in [0.25, 0.3) is 0 Å². The van der Waals surface area contributed by atoms with E-state index in [0.717, 1.165) is 12.0 Å². The number of rotatable bonds is 5. The maximum atomic E-state index is 12.0. The van der Waals surface area contributed by atoms with Crippen LogP contribution in [0.2, 0.25) is 0 Å². The molecule has 6 heteroatoms. The lowest BCUT2D eigenvalue weighted by Gasteiger charge is -2.00. The van der Waals surface area contributed by atoms with Crippen molar-refractivity contribution in [2.24, 2.45) is 11.0 Å². The summed E-state index contributed by atoms with van der Waals surface area (Å²) in [4.78, 5) is 22.5. The van der Waals surface area contributed by atoms with Crippen LogP contribution in [0.3, 0.4) is 0 Å². The molecule has 1 fully saturated rings. The number of benzene rings is 2. The maximum Gasteiger partial charge on any atom is 0.278 e. The van der Waals surface area contributed by atoms with Crippen LogP contribution in [0.1, 0.15) is 23.5 Å². The summed E-state index contributed by atoms with van der Waals surface area (Å²) in [6.45, 7) is 0. The SMILES string of the molecule is O=C(NN=Cc1ccccc1[N+](=O)[O-])[C@@H]1C[C@H]1c1ccccc1. The van der Waals surface area contributed by atoms with Gasteiger partial charge in [0.2, 0.25) is 5.91 Å². The van der Waals surface area contributed by atoms with Crippen molar-refractivity contribution in [3.8, 4) is 0 Å². The first-order valence-electron chi connectivity index (χ1n) is 7.28. The number of nitro groups is 1. The van der Waals surface area contributed by atoms with Crippen molar-refractivity contribution in [3.63, 3.8) is 0 Å². The number of carbonyl (C=O) groups is 1. The molecule has 2 aromatic carbocycles. The van der Waals surface area contributed by atoms with Crippen molar-refractivity contribution in [2.75, 3.05) is 0 Å². The fraction of sp³-hybridized carbons (Fsp3) is 0.176. The number of hydrogen-bond donors (Lipinski definition) is 1. The zero-order chi connectivity index (χ0) is 16.2. The molecule has 0 radical (unpaired) electrons. The molecule has 2 atom stereocenters. The van der Waals surface area contributed by atoms with E-state index in [1.54, 1.807) is 18.2 Å². The number of hydrogen-bond acceptors (Lipinski definition) is 4. The Labute approximate surface area is 133 Å². The summed E-state index contributed by atoms with van der Waals surface area (Å²) < 4.78 is 0. The van der Waals surface area contributed by atoms with Crippen molar-refractivity contribution in [2.45, 2.75) is 12.3 Å². The lowest BCUT2D eigenvalue weighted by atomic mass is 10.1. The molecule has 1 aliphatic rings. The minimum Gasteiger partial charge on any atom is -0.273 e. The molecular formula is C17H15N3O3. The highest BCUT2D eigenvalue weighted by Gasteiger charge is 2.43. The van der Waals surface area contributed by atoms with Gasteiger partial charge in [-0.3, -0.25) is 14.9 Å². The quantitative estimate of drug-likeness (QED) is 0.523. The van der Waals surface area contributed by atoms with Gasteiger partial charge in [-0.05, 0) is 24.0 Å². The Morgan fingerprint density at radius 1 is 1.17 bits per heavy atom. The van der Waals surface area contributed by atoms with E-state index in [-0.39, 0.29) is 23.4 Å². The van der Waals surface area contributed by atoms with E-state index in [4.69, 9.17) is 0 Å². The smallest absolute Gasteiger partial charge is 0.273 e. The van der Waals surface area contributed by atoms with Crippen molar-refractivity contribution in [3.05, 3.63) is 75.8 Å². The molecule has 0 aliphatic heterocycles. The van der Waals surface area contributed by atoms with Gasteiger partial charge in [-0.1, -0.05) is 42.5 Å². The molecule has 0 bridgehead atoms. The van der Waals surface area contributed by atoms with Crippen molar-refractivity contribution >= 4 is 17.8 Å². The molecule has 116 valence electrons. The standard InChI is InChI=1S/C17H15N3O3/c21-17(15-10-14(15)12-6-2-1-3-7-12)19-18-11-13-8-4-5-9-16(13)20(22)23/h1-9,11,14-15H,10H2,(H,19,21)/t14-,15+/m0/s1. The first-order valence-corrected chi connectivity index (χ1v) is 7.28. The molecule has 3 rings (SSSR count). The van der Waals surface area contributed by atoms with E-state index in [1.165, 1.54) is 12.3 Å². The minimum atomic E-state index is -0.477. The lowest BCUT2D eigenvalue weighted by molar-refractivity contribution is -0.385. The lowest BCUT2D eigenvalue weighted by Crippen LogP contribution is -2.20. The summed E-state index contributed by atoms with van der Waals surface area (Å²) in [5.41, 5.74) is 3.93. The van der Waals surface area contributed by atoms with Crippen LogP contribution in [0.5, 0.6) is 0 Å². The third-order valence-corrected chi connectivity index (χ3v) is 3.87. The summed E-state index contributed by atoms with van der Waals surface area (Å²) in [7, 11) is 0. The first-order chi connectivity index (χ1) is 11.2. The van der Waals surface area contributed by atoms with Crippen LogP contribution in [-0.2, 0) is 4.79 Å². The van der Waals surface area contributed by atoms with Gasteiger partial charge in [0.1, 0.15) is 0 Å². The maximum absolute atomic E-state index is 12.0. The van der Waals surface area contributed by atoms with E-state index in [1.807, 2.05) is 30.3 Å². The summed E-state index contributed by atoms with van der Waals surface area (Å²) in [5.74, 6) is -0.00791. The molecule has 0 heterocycles. The highest BCUT2D eigenvalue weighted by molar-refractivity contribution is 5.88. The van der Waals surface area contributed by atoms with E-state index in [2.05, 4.69) is 10.5 Å². The average Bonchev–Trinajstić information content (AvgIpc) is 3.36. The largest absolute Gasteiger partial charge is 0.278 e. The number of nitrogens with one attached hydrogen (secondary N) is 1. The predicted octanol–water partition coefficient (Wildman–Crippen LogP) is 2.85. The molecule has 6 nitrogen and oxygen atoms in total. The van der Waals surface area contributed by atoms with Gasteiger partial charge in [0.05, 0.1) is 16.7 Å². The Balaban J connectivity index is 1.59. The Hall–Kier alpha value is -3.02. The van der Waals surface area contributed by atoms with Gasteiger partial charge in [0.25, 0.3) is 5.69 Å². The van der Waals surface area contributed by atoms with E-state index in [9.17, 15) is 14.9 Å². The van der Waals surface area contributed by atoms with Crippen molar-refractivity contribution < 1.29 is 9.72 Å². The molecule has 1 amide bonds. The molecule has 0 spiro atoms. The van der Waals surface area contributed by atoms with Crippen LogP contribution in [0.4, 0.5) is 5.69 Å². The second-order valence-corrected chi connectivity index (χ2v) is 5.41. The molecular weight excluding hydrogens is 294 g/mol. The van der Waals surface area contributed by atoms with Gasteiger partial charge >= 0.3 is 0 Å². The van der Waals surface area contributed by atoms with Gasteiger partial charge in [0.15, 0.2) is 0 Å². The molecule has 1 aliphatic carbocycles. The molecule has 1 N–H and O–H groups in total. The highest BCUT2D eigenvalue weighted by atomic mass is 16.6. The summed E-state index contributed by atoms with van der Waals surface area (Å²) in [5, 5.41) is 14.7. The number of carbonyl (C=O) groups excluding carboxylic acids is 1. The average molecular weight is 309 g/mol. The normalized spacial score (nSPS) is 19.5. The second kappa shape index (κ2) is 6.39. The zero-order valence-corrected chi connectivity index (χ0v) is 12.3. The Kier molecular flexibility index (Phi) is 4.14. The summed E-state index contributed by atoms with van der Waals surface area (Å²) >= 11 is 0. The highest BCUT2D eigenvalue weighted by Crippen LogP contribution is 2.47. The fourth-order valence-electron chi connectivity index (χ4n) is 2.56. The second-order valence-electron chi connectivity index (χ2n) is 5.41. The zero-order valence-electron chi connectivity index (χ0n) is 12.3. The van der Waals surface area contributed by atoms with Gasteiger partial charge in [0, 0.05) is 12.0 Å². The third-order valence-electron chi connectivity index (χ3n) is 3.87. The number of nitro benzene ring substituents is 1. The predicted molar refractivity (Wildman–Crippen MR) is 86.1 cm³/mol. The monoisotopic (exact) mass is 309 g/mol. The molecule has 23 heavy (non-hydrogen) atoms. The van der Waals surface area contributed by atoms with Crippen LogP contribution < -0.4 is 5.43 Å². The van der Waals surface area contributed by atoms with Crippen molar-refractivity contribution in [1.82, 2.24) is 5.43 Å². The van der Waals surface area contributed by atoms with E-state index < -0.39 is 4.92 Å². The molecule has 0 unspecified atom stereocenters. The molecule has 1 saturated carbocycles. The van der Waals surface area contributed by atoms with Gasteiger partial charge in [-0.15, -0.1) is 0 Å². The minimum absolute atomic E-state index is 0.0425. The Morgan fingerprint density at radius 2 is 1.87 bits per heavy atom.